The third-order valence-electron chi connectivity index (χ3n) is 2.85. The van der Waals surface area contributed by atoms with Crippen molar-refractivity contribution in [1.82, 2.24) is 0 Å². The Morgan fingerprint density at radius 2 is 2.05 bits per heavy atom. The lowest BCUT2D eigenvalue weighted by Gasteiger charge is -2.08. The molecule has 6 nitrogen and oxygen atoms in total. The molecule has 0 fully saturated rings. The minimum atomic E-state index is -0.539. The number of rotatable bonds is 5. The Labute approximate surface area is 121 Å². The highest BCUT2D eigenvalue weighted by Gasteiger charge is 2.15. The summed E-state index contributed by atoms with van der Waals surface area (Å²) in [6.07, 6.45) is 0. The molecule has 0 heterocycles. The van der Waals surface area contributed by atoms with Crippen LogP contribution in [0.2, 0.25) is 0 Å². The Hall–Kier alpha value is -2.91. The fourth-order valence-corrected chi connectivity index (χ4v) is 1.82. The molecule has 2 rings (SSSR count). The molecule has 0 bridgehead atoms. The zero-order valence-electron chi connectivity index (χ0n) is 11.0. The van der Waals surface area contributed by atoms with Gasteiger partial charge in [-0.15, -0.1) is 0 Å². The molecule has 21 heavy (non-hydrogen) atoms. The van der Waals surface area contributed by atoms with Crippen molar-refractivity contribution < 1.29 is 14.8 Å². The van der Waals surface area contributed by atoms with Crippen LogP contribution in [0.1, 0.15) is 16.7 Å². The summed E-state index contributed by atoms with van der Waals surface area (Å²) < 4.78 is 5.46. The first-order valence-electron chi connectivity index (χ1n) is 6.14. The molecule has 1 N–H and O–H groups in total. The Balaban J connectivity index is 2.22. The van der Waals surface area contributed by atoms with Gasteiger partial charge in [-0.05, 0) is 35.4 Å². The Morgan fingerprint density at radius 1 is 1.24 bits per heavy atom. The fourth-order valence-electron chi connectivity index (χ4n) is 1.82. The van der Waals surface area contributed by atoms with E-state index in [4.69, 9.17) is 15.1 Å². The SMILES string of the molecule is N#Cc1cccc(COc2cc(CO)ccc2[N+](=O)[O-])c1. The monoisotopic (exact) mass is 284 g/mol. The van der Waals surface area contributed by atoms with E-state index in [1.807, 2.05) is 6.07 Å². The van der Waals surface area contributed by atoms with Crippen molar-refractivity contribution >= 4 is 5.69 Å². The molecular weight excluding hydrogens is 272 g/mol. The molecule has 0 saturated carbocycles. The quantitative estimate of drug-likeness (QED) is 0.672. The van der Waals surface area contributed by atoms with Gasteiger partial charge in [-0.25, -0.2) is 0 Å². The molecule has 0 aliphatic heterocycles. The highest BCUT2D eigenvalue weighted by Crippen LogP contribution is 2.28. The molecule has 0 atom stereocenters. The van der Waals surface area contributed by atoms with Crippen molar-refractivity contribution in [3.63, 3.8) is 0 Å². The molecule has 2 aromatic rings. The standard InChI is InChI=1S/C15H12N2O4/c16-8-11-2-1-3-13(6-11)10-21-15-7-12(9-18)4-5-14(15)17(19)20/h1-7,18H,9-10H2. The van der Waals surface area contributed by atoms with E-state index in [0.29, 0.717) is 11.1 Å². The van der Waals surface area contributed by atoms with Crippen LogP contribution in [0.15, 0.2) is 42.5 Å². The number of nitro benzene ring substituents is 1. The summed E-state index contributed by atoms with van der Waals surface area (Å²) in [7, 11) is 0. The normalized spacial score (nSPS) is 9.90. The van der Waals surface area contributed by atoms with Crippen LogP contribution in [0.3, 0.4) is 0 Å². The number of nitrogens with zero attached hydrogens (tertiary/aromatic N) is 2. The molecular formula is C15H12N2O4. The van der Waals surface area contributed by atoms with Gasteiger partial charge in [0.2, 0.25) is 0 Å². The first kappa shape index (κ1) is 14.5. The van der Waals surface area contributed by atoms with E-state index in [-0.39, 0.29) is 24.7 Å². The molecule has 0 aliphatic rings. The van der Waals surface area contributed by atoms with Crippen molar-refractivity contribution in [1.29, 1.82) is 5.26 Å². The van der Waals surface area contributed by atoms with E-state index in [9.17, 15) is 10.1 Å². The van der Waals surface area contributed by atoms with E-state index in [1.165, 1.54) is 18.2 Å². The van der Waals surface area contributed by atoms with Crippen LogP contribution in [-0.4, -0.2) is 10.0 Å². The van der Waals surface area contributed by atoms with Gasteiger partial charge in [0.05, 0.1) is 23.2 Å². The van der Waals surface area contributed by atoms with Crippen molar-refractivity contribution in [3.05, 3.63) is 69.3 Å². The first-order valence-corrected chi connectivity index (χ1v) is 6.14. The lowest BCUT2D eigenvalue weighted by atomic mass is 10.1. The minimum absolute atomic E-state index is 0.0916. The highest BCUT2D eigenvalue weighted by atomic mass is 16.6. The summed E-state index contributed by atoms with van der Waals surface area (Å²) in [4.78, 5) is 10.4. The average molecular weight is 284 g/mol. The molecule has 0 saturated heterocycles. The lowest BCUT2D eigenvalue weighted by molar-refractivity contribution is -0.386. The molecule has 6 heteroatoms. The topological polar surface area (TPSA) is 96.4 Å². The zero-order chi connectivity index (χ0) is 15.2. The van der Waals surface area contributed by atoms with E-state index < -0.39 is 4.92 Å². The zero-order valence-corrected chi connectivity index (χ0v) is 11.0. The number of ether oxygens (including phenoxy) is 1. The molecule has 106 valence electrons. The largest absolute Gasteiger partial charge is 0.482 e. The van der Waals surface area contributed by atoms with Crippen LogP contribution in [0, 0.1) is 21.4 Å². The summed E-state index contributed by atoms with van der Waals surface area (Å²) in [6.45, 7) is -0.122. The van der Waals surface area contributed by atoms with Crippen LogP contribution in [-0.2, 0) is 13.2 Å². The van der Waals surface area contributed by atoms with Gasteiger partial charge in [0.1, 0.15) is 6.61 Å². The van der Waals surface area contributed by atoms with E-state index >= 15 is 0 Å². The number of nitriles is 1. The van der Waals surface area contributed by atoms with Gasteiger partial charge in [0, 0.05) is 6.07 Å². The molecule has 0 unspecified atom stereocenters. The average Bonchev–Trinajstić information content (AvgIpc) is 2.52. The summed E-state index contributed by atoms with van der Waals surface area (Å²) in [5.41, 5.74) is 1.59. The van der Waals surface area contributed by atoms with Crippen LogP contribution in [0.25, 0.3) is 0 Å². The van der Waals surface area contributed by atoms with Crippen molar-refractivity contribution in [2.45, 2.75) is 13.2 Å². The van der Waals surface area contributed by atoms with Gasteiger partial charge in [0.25, 0.3) is 0 Å². The maximum absolute atomic E-state index is 11.0. The number of hydrogen-bond donors (Lipinski definition) is 1. The fraction of sp³-hybridized carbons (Fsp3) is 0.133. The van der Waals surface area contributed by atoms with Gasteiger partial charge in [-0.1, -0.05) is 12.1 Å². The molecule has 0 spiro atoms. The molecule has 0 radical (unpaired) electrons. The summed E-state index contributed by atoms with van der Waals surface area (Å²) in [5.74, 6) is 0.0916. The van der Waals surface area contributed by atoms with Gasteiger partial charge in [0.15, 0.2) is 5.75 Å². The molecule has 0 amide bonds. The van der Waals surface area contributed by atoms with E-state index in [0.717, 1.165) is 5.56 Å². The van der Waals surface area contributed by atoms with Crippen molar-refractivity contribution in [3.8, 4) is 11.8 Å². The Bertz CT molecular complexity index is 707. The second-order valence-corrected chi connectivity index (χ2v) is 4.32. The second-order valence-electron chi connectivity index (χ2n) is 4.32. The minimum Gasteiger partial charge on any atom is -0.482 e. The maximum Gasteiger partial charge on any atom is 0.310 e. The van der Waals surface area contributed by atoms with Gasteiger partial charge in [-0.3, -0.25) is 10.1 Å². The number of nitro groups is 1. The molecule has 0 aromatic heterocycles. The third-order valence-corrected chi connectivity index (χ3v) is 2.85. The van der Waals surface area contributed by atoms with Crippen molar-refractivity contribution in [2.75, 3.05) is 0 Å². The second kappa shape index (κ2) is 6.50. The Kier molecular flexibility index (Phi) is 4.49. The molecule has 2 aromatic carbocycles. The van der Waals surface area contributed by atoms with E-state index in [2.05, 4.69) is 0 Å². The summed E-state index contributed by atoms with van der Waals surface area (Å²) in [5, 5.41) is 28.9. The number of hydrogen-bond acceptors (Lipinski definition) is 5. The van der Waals surface area contributed by atoms with Crippen LogP contribution in [0.4, 0.5) is 5.69 Å². The van der Waals surface area contributed by atoms with Crippen LogP contribution >= 0.6 is 0 Å². The summed E-state index contributed by atoms with van der Waals surface area (Å²) in [6, 6.07) is 13.0. The van der Waals surface area contributed by atoms with E-state index in [1.54, 1.807) is 24.3 Å². The first-order chi connectivity index (χ1) is 10.1. The number of aliphatic hydroxyl groups is 1. The third kappa shape index (κ3) is 3.55. The highest BCUT2D eigenvalue weighted by molar-refractivity contribution is 5.48. The predicted octanol–water partition coefficient (Wildman–Crippen LogP) is 2.54. The van der Waals surface area contributed by atoms with Crippen LogP contribution < -0.4 is 4.74 Å². The predicted molar refractivity (Wildman–Crippen MR) is 74.5 cm³/mol. The van der Waals surface area contributed by atoms with Crippen LogP contribution in [0.5, 0.6) is 5.75 Å². The van der Waals surface area contributed by atoms with Crippen molar-refractivity contribution in [2.24, 2.45) is 0 Å². The lowest BCUT2D eigenvalue weighted by Crippen LogP contribution is -2.00. The maximum atomic E-state index is 11.0. The van der Waals surface area contributed by atoms with Gasteiger partial charge < -0.3 is 9.84 Å². The summed E-state index contributed by atoms with van der Waals surface area (Å²) >= 11 is 0. The number of aliphatic hydroxyl groups excluding tert-OH is 1. The van der Waals surface area contributed by atoms with Gasteiger partial charge >= 0.3 is 5.69 Å². The molecule has 0 aliphatic carbocycles. The van der Waals surface area contributed by atoms with Gasteiger partial charge in [-0.2, -0.15) is 5.26 Å². The smallest absolute Gasteiger partial charge is 0.310 e. The number of benzene rings is 2. The Morgan fingerprint density at radius 3 is 2.71 bits per heavy atom.